The van der Waals surface area contributed by atoms with Crippen LogP contribution in [0.1, 0.15) is 31.2 Å². The Kier molecular flexibility index (Phi) is 8.13. The van der Waals surface area contributed by atoms with E-state index < -0.39 is 25.6 Å². The Morgan fingerprint density at radius 1 is 1.24 bits per heavy atom. The number of hydrogen-bond acceptors (Lipinski definition) is 8. The predicted octanol–water partition coefficient (Wildman–Crippen LogP) is 4.53. The van der Waals surface area contributed by atoms with Gasteiger partial charge < -0.3 is 20.9 Å². The Balaban J connectivity index is 1.76. The number of aliphatic hydroxyl groups is 1. The van der Waals surface area contributed by atoms with Crippen LogP contribution in [0.25, 0.3) is 11.1 Å². The minimum Gasteiger partial charge on any atom is -0.495 e. The molecule has 0 unspecified atom stereocenters. The standard InChI is InChI=1S/C22H24ClF2IN6O4S/c1-36-17-7-2-11(8-18(17)37(34,35)32-12-3-5-14(33)6-4-12)19-15(22(24,25)26)9-13(10-16(19)23)28-21-29-20(27)30-31-21/h2,7-10,12,14,32-33H,3-6H2,1H3,(H4,27,28,29,30,31). The van der Waals surface area contributed by atoms with Gasteiger partial charge in [0.2, 0.25) is 21.9 Å². The van der Waals surface area contributed by atoms with Gasteiger partial charge in [0.25, 0.3) is 0 Å². The summed E-state index contributed by atoms with van der Waals surface area (Å²) in [5, 5.41) is 18.7. The van der Waals surface area contributed by atoms with E-state index in [1.165, 1.54) is 37.4 Å². The van der Waals surface area contributed by atoms with E-state index in [1.807, 2.05) is 0 Å². The molecule has 0 amide bonds. The van der Waals surface area contributed by atoms with E-state index in [2.05, 4.69) is 25.2 Å². The highest BCUT2D eigenvalue weighted by Gasteiger charge is 2.34. The van der Waals surface area contributed by atoms with E-state index in [9.17, 15) is 22.3 Å². The molecule has 1 aromatic heterocycles. The molecule has 1 aliphatic carbocycles. The summed E-state index contributed by atoms with van der Waals surface area (Å²) in [6.45, 7) is 0. The van der Waals surface area contributed by atoms with Gasteiger partial charge in [-0.2, -0.15) is 13.8 Å². The van der Waals surface area contributed by atoms with Crippen LogP contribution in [0, 0.1) is 0 Å². The molecule has 1 saturated carbocycles. The minimum atomic E-state index is -4.09. The molecule has 1 fully saturated rings. The van der Waals surface area contributed by atoms with E-state index >= 15 is 0 Å². The lowest BCUT2D eigenvalue weighted by Crippen LogP contribution is -2.38. The molecule has 1 aliphatic rings. The number of nitrogens with two attached hydrogens (primary N) is 1. The second-order valence-electron chi connectivity index (χ2n) is 8.54. The van der Waals surface area contributed by atoms with E-state index in [0.29, 0.717) is 25.7 Å². The summed E-state index contributed by atoms with van der Waals surface area (Å²) in [7, 11) is -2.77. The lowest BCUT2D eigenvalue weighted by atomic mass is 9.94. The second kappa shape index (κ2) is 10.8. The number of aromatic amines is 1. The largest absolute Gasteiger partial charge is 0.495 e. The van der Waals surface area contributed by atoms with Gasteiger partial charge in [-0.1, -0.05) is 17.7 Å². The Hall–Kier alpha value is -2.27. The molecule has 15 heteroatoms. The van der Waals surface area contributed by atoms with Gasteiger partial charge in [-0.25, -0.2) is 18.2 Å². The van der Waals surface area contributed by atoms with Crippen LogP contribution in [0.15, 0.2) is 35.2 Å². The molecule has 200 valence electrons. The van der Waals surface area contributed by atoms with E-state index in [4.69, 9.17) is 22.1 Å². The fourth-order valence-electron chi connectivity index (χ4n) is 4.17. The maximum Gasteiger partial charge on any atom is 0.322 e. The van der Waals surface area contributed by atoms with Gasteiger partial charge in [0.05, 0.1) is 18.2 Å². The second-order valence-corrected chi connectivity index (χ2v) is 12.0. The summed E-state index contributed by atoms with van der Waals surface area (Å²) in [5.74, 6) is 0.143. The van der Waals surface area contributed by atoms with Crippen molar-refractivity contribution in [2.75, 3.05) is 18.2 Å². The average molecular weight is 669 g/mol. The molecule has 37 heavy (non-hydrogen) atoms. The van der Waals surface area contributed by atoms with Gasteiger partial charge in [-0.15, -0.1) is 5.10 Å². The summed E-state index contributed by atoms with van der Waals surface area (Å²) >= 11 is 7.47. The van der Waals surface area contributed by atoms with Gasteiger partial charge in [0.15, 0.2) is 0 Å². The van der Waals surface area contributed by atoms with Crippen LogP contribution in [0.4, 0.5) is 26.4 Å². The monoisotopic (exact) mass is 668 g/mol. The number of anilines is 3. The van der Waals surface area contributed by atoms with Gasteiger partial charge in [-0.05, 0) is 55.5 Å². The Bertz CT molecular complexity index is 1390. The molecule has 0 aliphatic heterocycles. The molecular formula is C22H24ClF2IN6O4S. The van der Waals surface area contributed by atoms with Crippen LogP contribution in [0.5, 0.6) is 5.75 Å². The molecule has 1 heterocycles. The number of H-pyrrole nitrogens is 1. The highest BCUT2D eigenvalue weighted by atomic mass is 127. The van der Waals surface area contributed by atoms with Crippen LogP contribution < -0.4 is 20.5 Å². The summed E-state index contributed by atoms with van der Waals surface area (Å²) < 4.78 is 60.7. The fraction of sp³-hybridized carbons (Fsp3) is 0.364. The third-order valence-corrected chi connectivity index (χ3v) is 8.34. The maximum atomic E-state index is 14.8. The number of alkyl halides is 3. The molecule has 4 rings (SSSR count). The lowest BCUT2D eigenvalue weighted by Gasteiger charge is -2.26. The molecular weight excluding hydrogens is 645 g/mol. The summed E-state index contributed by atoms with van der Waals surface area (Å²) in [5.41, 5.74) is 5.36. The van der Waals surface area contributed by atoms with Crippen molar-refractivity contribution in [3.05, 3.63) is 40.9 Å². The van der Waals surface area contributed by atoms with Crippen molar-refractivity contribution in [1.29, 1.82) is 0 Å². The number of hydrogen-bond donors (Lipinski definition) is 5. The van der Waals surface area contributed by atoms with E-state index in [0.717, 1.165) is 22.6 Å². The first-order chi connectivity index (χ1) is 17.4. The zero-order valence-electron chi connectivity index (χ0n) is 19.4. The zero-order chi connectivity index (χ0) is 27.0. The molecule has 3 aromatic rings. The van der Waals surface area contributed by atoms with Crippen molar-refractivity contribution in [2.45, 2.75) is 46.7 Å². The number of benzene rings is 2. The summed E-state index contributed by atoms with van der Waals surface area (Å²) in [6.07, 6.45) is 1.46. The number of nitrogen functional groups attached to an aromatic ring is 1. The van der Waals surface area contributed by atoms with Crippen molar-refractivity contribution in [3.63, 3.8) is 0 Å². The van der Waals surface area contributed by atoms with Crippen molar-refractivity contribution in [2.24, 2.45) is 0 Å². The van der Waals surface area contributed by atoms with Crippen molar-refractivity contribution >= 4 is 61.8 Å². The highest BCUT2D eigenvalue weighted by molar-refractivity contribution is 14.1. The van der Waals surface area contributed by atoms with E-state index in [-0.39, 0.29) is 50.4 Å². The number of nitrogens with zero attached hydrogens (tertiary/aromatic N) is 2. The number of methoxy groups -OCH3 is 1. The number of aliphatic hydroxyl groups excluding tert-OH is 1. The van der Waals surface area contributed by atoms with Crippen LogP contribution >= 0.6 is 34.2 Å². The Labute approximate surface area is 230 Å². The number of nitrogens with one attached hydrogen (secondary N) is 3. The lowest BCUT2D eigenvalue weighted by molar-refractivity contribution is 0.120. The molecule has 0 spiro atoms. The number of sulfonamides is 1. The van der Waals surface area contributed by atoms with Crippen LogP contribution in [0.3, 0.4) is 0 Å². The Morgan fingerprint density at radius 2 is 1.95 bits per heavy atom. The van der Waals surface area contributed by atoms with Crippen LogP contribution in [-0.2, 0) is 14.0 Å². The van der Waals surface area contributed by atoms with E-state index in [1.54, 1.807) is 0 Å². The zero-order valence-corrected chi connectivity index (χ0v) is 23.2. The highest BCUT2D eigenvalue weighted by Crippen LogP contribution is 2.46. The first-order valence-corrected chi connectivity index (χ1v) is 14.1. The van der Waals surface area contributed by atoms with Crippen molar-refractivity contribution < 1.29 is 27.0 Å². The predicted molar refractivity (Wildman–Crippen MR) is 144 cm³/mol. The quantitative estimate of drug-likeness (QED) is 0.173. The third kappa shape index (κ3) is 6.42. The summed E-state index contributed by atoms with van der Waals surface area (Å²) in [4.78, 5) is 3.67. The van der Waals surface area contributed by atoms with Gasteiger partial charge >= 0.3 is 3.93 Å². The smallest absolute Gasteiger partial charge is 0.322 e. The molecule has 0 bridgehead atoms. The number of halogens is 4. The van der Waals surface area contributed by atoms with Gasteiger partial charge in [0, 0.05) is 45.4 Å². The van der Waals surface area contributed by atoms with Crippen LogP contribution in [-0.4, -0.2) is 48.0 Å². The van der Waals surface area contributed by atoms with Gasteiger partial charge in [0.1, 0.15) is 10.6 Å². The SMILES string of the molecule is COc1ccc(-c2c(Cl)cc(Nc3n[nH]c(N)n3)cc2C(F)(F)I)cc1S(=O)(=O)NC1CCC(O)CC1. The normalized spacial score (nSPS) is 18.5. The summed E-state index contributed by atoms with van der Waals surface area (Å²) in [6, 6.07) is 6.33. The number of aromatic nitrogens is 3. The maximum absolute atomic E-state index is 14.8. The minimum absolute atomic E-state index is 0.0367. The first kappa shape index (κ1) is 27.8. The topological polar surface area (TPSA) is 155 Å². The first-order valence-electron chi connectivity index (χ1n) is 11.1. The third-order valence-electron chi connectivity index (χ3n) is 5.91. The Morgan fingerprint density at radius 3 is 2.54 bits per heavy atom. The molecule has 0 saturated heterocycles. The number of rotatable bonds is 8. The molecule has 0 atom stereocenters. The number of ether oxygens (including phenoxy) is 1. The fourth-order valence-corrected chi connectivity index (χ4v) is 6.43. The van der Waals surface area contributed by atoms with Crippen molar-refractivity contribution in [1.82, 2.24) is 19.9 Å². The van der Waals surface area contributed by atoms with Crippen molar-refractivity contribution in [3.8, 4) is 16.9 Å². The van der Waals surface area contributed by atoms with Gasteiger partial charge in [-0.3, -0.25) is 0 Å². The van der Waals surface area contributed by atoms with Crippen LogP contribution in [0.2, 0.25) is 5.02 Å². The molecule has 2 aromatic carbocycles. The molecule has 6 N–H and O–H groups in total. The molecule has 10 nitrogen and oxygen atoms in total. The average Bonchev–Trinajstić information content (AvgIpc) is 3.23. The molecule has 0 radical (unpaired) electrons.